The summed E-state index contributed by atoms with van der Waals surface area (Å²) >= 11 is 0. The minimum atomic E-state index is 0.717. The molecule has 0 amide bonds. The average Bonchev–Trinajstić information content (AvgIpc) is 2.86. The summed E-state index contributed by atoms with van der Waals surface area (Å²) in [7, 11) is 0. The van der Waals surface area contributed by atoms with Crippen LogP contribution in [0, 0.1) is 0 Å². The van der Waals surface area contributed by atoms with E-state index in [4.69, 9.17) is 0 Å². The van der Waals surface area contributed by atoms with Crippen LogP contribution in [0.15, 0.2) is 30.6 Å². The lowest BCUT2D eigenvalue weighted by atomic mass is 10.1. The van der Waals surface area contributed by atoms with Gasteiger partial charge in [-0.05, 0) is 25.0 Å². The molecule has 72 valence electrons. The summed E-state index contributed by atoms with van der Waals surface area (Å²) in [5, 5.41) is 0. The van der Waals surface area contributed by atoms with E-state index in [0.29, 0.717) is 0 Å². The van der Waals surface area contributed by atoms with Gasteiger partial charge in [-0.1, -0.05) is 18.9 Å². The number of rotatable bonds is 1. The van der Waals surface area contributed by atoms with E-state index >= 15 is 0 Å². The van der Waals surface area contributed by atoms with Gasteiger partial charge in [-0.2, -0.15) is 0 Å². The van der Waals surface area contributed by atoms with Gasteiger partial charge in [0.05, 0.1) is 5.69 Å². The number of aromatic nitrogens is 2. The maximum Gasteiger partial charge on any atom is 0.136 e. The molecule has 0 atom stereocenters. The van der Waals surface area contributed by atoms with Crippen LogP contribution in [0.25, 0.3) is 5.65 Å². The van der Waals surface area contributed by atoms with Gasteiger partial charge in [0.1, 0.15) is 5.65 Å². The van der Waals surface area contributed by atoms with Gasteiger partial charge in [-0.25, -0.2) is 4.98 Å². The lowest BCUT2D eigenvalue weighted by Crippen LogP contribution is -1.90. The highest BCUT2D eigenvalue weighted by Crippen LogP contribution is 2.33. The summed E-state index contributed by atoms with van der Waals surface area (Å²) < 4.78 is 2.12. The molecular weight excluding hydrogens is 172 g/mol. The topological polar surface area (TPSA) is 17.3 Å². The molecule has 2 aromatic rings. The molecule has 2 heteroatoms. The van der Waals surface area contributed by atoms with E-state index in [1.807, 2.05) is 12.1 Å². The first-order chi connectivity index (χ1) is 6.93. The molecule has 0 bridgehead atoms. The fraction of sp³-hybridized carbons (Fsp3) is 0.417. The minimum absolute atomic E-state index is 0.717. The highest BCUT2D eigenvalue weighted by Gasteiger charge is 2.19. The van der Waals surface area contributed by atoms with Crippen molar-refractivity contribution in [1.82, 2.24) is 9.38 Å². The Morgan fingerprint density at radius 3 is 2.86 bits per heavy atom. The summed E-state index contributed by atoms with van der Waals surface area (Å²) in [5.74, 6) is 0.717. The second-order valence-electron chi connectivity index (χ2n) is 4.11. The van der Waals surface area contributed by atoms with Crippen LogP contribution in [-0.2, 0) is 0 Å². The molecular formula is C12H14N2. The molecule has 0 spiro atoms. The highest BCUT2D eigenvalue weighted by atomic mass is 15.0. The Bertz CT molecular complexity index is 405. The van der Waals surface area contributed by atoms with Crippen molar-refractivity contribution in [3.63, 3.8) is 0 Å². The van der Waals surface area contributed by atoms with Crippen molar-refractivity contribution in [1.29, 1.82) is 0 Å². The van der Waals surface area contributed by atoms with Crippen LogP contribution in [0.3, 0.4) is 0 Å². The fourth-order valence-electron chi connectivity index (χ4n) is 2.37. The molecule has 1 fully saturated rings. The summed E-state index contributed by atoms with van der Waals surface area (Å²) in [6, 6.07) is 6.16. The Labute approximate surface area is 83.6 Å². The molecule has 0 radical (unpaired) electrons. The Morgan fingerprint density at radius 1 is 1.21 bits per heavy atom. The molecule has 1 saturated carbocycles. The van der Waals surface area contributed by atoms with Crippen LogP contribution in [-0.4, -0.2) is 9.38 Å². The van der Waals surface area contributed by atoms with Crippen molar-refractivity contribution in [2.45, 2.75) is 31.6 Å². The van der Waals surface area contributed by atoms with Gasteiger partial charge in [0.2, 0.25) is 0 Å². The van der Waals surface area contributed by atoms with E-state index in [0.717, 1.165) is 11.6 Å². The smallest absolute Gasteiger partial charge is 0.136 e. The van der Waals surface area contributed by atoms with Gasteiger partial charge >= 0.3 is 0 Å². The third-order valence-electron chi connectivity index (χ3n) is 3.16. The molecule has 2 aromatic heterocycles. The predicted octanol–water partition coefficient (Wildman–Crippen LogP) is 2.99. The monoisotopic (exact) mass is 186 g/mol. The maximum atomic E-state index is 4.66. The second kappa shape index (κ2) is 3.12. The largest absolute Gasteiger partial charge is 0.307 e. The van der Waals surface area contributed by atoms with E-state index in [1.54, 1.807) is 0 Å². The second-order valence-corrected chi connectivity index (χ2v) is 4.11. The van der Waals surface area contributed by atoms with E-state index in [1.165, 1.54) is 31.4 Å². The SMILES string of the molecule is c1ccn2cc(C3CCCC3)nc2c1. The van der Waals surface area contributed by atoms with Crippen LogP contribution in [0.1, 0.15) is 37.3 Å². The van der Waals surface area contributed by atoms with Gasteiger partial charge < -0.3 is 4.40 Å². The average molecular weight is 186 g/mol. The first-order valence-electron chi connectivity index (χ1n) is 5.37. The molecule has 0 aromatic carbocycles. The summed E-state index contributed by atoms with van der Waals surface area (Å²) in [6.45, 7) is 0. The number of hydrogen-bond donors (Lipinski definition) is 0. The van der Waals surface area contributed by atoms with Crippen LogP contribution in [0.5, 0.6) is 0 Å². The molecule has 0 aliphatic heterocycles. The van der Waals surface area contributed by atoms with Crippen molar-refractivity contribution in [2.24, 2.45) is 0 Å². The molecule has 3 rings (SSSR count). The standard InChI is InChI=1S/C12H14N2/c1-2-6-10(5-1)11-9-14-8-4-3-7-12(14)13-11/h3-4,7-10H,1-2,5-6H2. The molecule has 2 nitrogen and oxygen atoms in total. The van der Waals surface area contributed by atoms with Gasteiger partial charge in [-0.15, -0.1) is 0 Å². The molecule has 0 unspecified atom stereocenters. The van der Waals surface area contributed by atoms with Crippen LogP contribution >= 0.6 is 0 Å². The number of nitrogens with zero attached hydrogens (tertiary/aromatic N) is 2. The molecule has 0 saturated heterocycles. The van der Waals surface area contributed by atoms with Gasteiger partial charge in [0.15, 0.2) is 0 Å². The molecule has 2 heterocycles. The van der Waals surface area contributed by atoms with Gasteiger partial charge in [-0.3, -0.25) is 0 Å². The molecule has 1 aliphatic rings. The summed E-state index contributed by atoms with van der Waals surface area (Å²) in [5.41, 5.74) is 2.36. The normalized spacial score (nSPS) is 18.0. The predicted molar refractivity (Wildman–Crippen MR) is 56.4 cm³/mol. The zero-order chi connectivity index (χ0) is 9.38. The number of fused-ring (bicyclic) bond motifs is 1. The van der Waals surface area contributed by atoms with Gasteiger partial charge in [0.25, 0.3) is 0 Å². The third-order valence-corrected chi connectivity index (χ3v) is 3.16. The number of pyridine rings is 1. The lowest BCUT2D eigenvalue weighted by Gasteiger charge is -2.02. The van der Waals surface area contributed by atoms with Gasteiger partial charge in [0, 0.05) is 18.3 Å². The van der Waals surface area contributed by atoms with E-state index < -0.39 is 0 Å². The van der Waals surface area contributed by atoms with E-state index in [9.17, 15) is 0 Å². The number of hydrogen-bond acceptors (Lipinski definition) is 1. The highest BCUT2D eigenvalue weighted by molar-refractivity contribution is 5.40. The molecule has 1 aliphatic carbocycles. The first-order valence-corrected chi connectivity index (χ1v) is 5.37. The Morgan fingerprint density at radius 2 is 2.07 bits per heavy atom. The Balaban J connectivity index is 2.05. The number of imidazole rings is 1. The van der Waals surface area contributed by atoms with Crippen molar-refractivity contribution in [2.75, 3.05) is 0 Å². The molecule has 0 N–H and O–H groups in total. The van der Waals surface area contributed by atoms with Crippen molar-refractivity contribution in [3.05, 3.63) is 36.3 Å². The van der Waals surface area contributed by atoms with Crippen LogP contribution < -0.4 is 0 Å². The van der Waals surface area contributed by atoms with Crippen molar-refractivity contribution >= 4 is 5.65 Å². The molecule has 14 heavy (non-hydrogen) atoms. The minimum Gasteiger partial charge on any atom is -0.307 e. The third kappa shape index (κ3) is 1.22. The summed E-state index contributed by atoms with van der Waals surface area (Å²) in [4.78, 5) is 4.66. The zero-order valence-corrected chi connectivity index (χ0v) is 8.19. The zero-order valence-electron chi connectivity index (χ0n) is 8.19. The van der Waals surface area contributed by atoms with E-state index in [2.05, 4.69) is 27.8 Å². The maximum absolute atomic E-state index is 4.66. The fourth-order valence-corrected chi connectivity index (χ4v) is 2.37. The van der Waals surface area contributed by atoms with Crippen LogP contribution in [0.4, 0.5) is 0 Å². The van der Waals surface area contributed by atoms with E-state index in [-0.39, 0.29) is 0 Å². The quantitative estimate of drug-likeness (QED) is 0.669. The van der Waals surface area contributed by atoms with Crippen LogP contribution in [0.2, 0.25) is 0 Å². The van der Waals surface area contributed by atoms with Crippen molar-refractivity contribution in [3.8, 4) is 0 Å². The Hall–Kier alpha value is -1.31. The Kier molecular flexibility index (Phi) is 1.79. The lowest BCUT2D eigenvalue weighted by molar-refractivity contribution is 0.703. The van der Waals surface area contributed by atoms with Crippen molar-refractivity contribution < 1.29 is 0 Å². The summed E-state index contributed by atoms with van der Waals surface area (Å²) in [6.07, 6.45) is 9.65. The first kappa shape index (κ1) is 8.04.